The van der Waals surface area contributed by atoms with Crippen molar-refractivity contribution in [2.75, 3.05) is 0 Å². The van der Waals surface area contributed by atoms with Gasteiger partial charge in [0.2, 0.25) is 0 Å². The van der Waals surface area contributed by atoms with Gasteiger partial charge in [0.15, 0.2) is 0 Å². The third kappa shape index (κ3) is 4.67. The molecule has 2 aromatic carbocycles. The quantitative estimate of drug-likeness (QED) is 0.462. The second-order valence-electron chi connectivity index (χ2n) is 6.74. The fourth-order valence-electron chi connectivity index (χ4n) is 3.02. The highest BCUT2D eigenvalue weighted by Crippen LogP contribution is 2.24. The number of barbiturate groups is 1. The van der Waals surface area contributed by atoms with Crippen molar-refractivity contribution in [2.45, 2.75) is 13.2 Å². The van der Waals surface area contributed by atoms with Gasteiger partial charge in [0, 0.05) is 10.6 Å². The molecule has 4 amide bonds. The first-order chi connectivity index (χ1) is 15.0. The molecule has 1 aromatic heterocycles. The summed E-state index contributed by atoms with van der Waals surface area (Å²) in [4.78, 5) is 38.3. The first-order valence-electron chi connectivity index (χ1n) is 9.39. The van der Waals surface area contributed by atoms with Gasteiger partial charge in [-0.2, -0.15) is 0 Å². The van der Waals surface area contributed by atoms with Gasteiger partial charge in [-0.25, -0.2) is 4.79 Å². The van der Waals surface area contributed by atoms with Gasteiger partial charge in [0.05, 0.1) is 12.8 Å². The number of nitrogens with one attached hydrogen (secondary N) is 1. The minimum atomic E-state index is -0.796. The second kappa shape index (κ2) is 8.89. The number of ether oxygens (including phenoxy) is 1. The largest absolute Gasteiger partial charge is 0.488 e. The lowest BCUT2D eigenvalue weighted by Gasteiger charge is -2.25. The monoisotopic (exact) mass is 436 g/mol. The van der Waals surface area contributed by atoms with E-state index >= 15 is 0 Å². The van der Waals surface area contributed by atoms with Crippen molar-refractivity contribution in [3.05, 3.63) is 94.4 Å². The van der Waals surface area contributed by atoms with E-state index in [1.807, 2.05) is 12.1 Å². The van der Waals surface area contributed by atoms with Crippen LogP contribution in [0, 0.1) is 0 Å². The van der Waals surface area contributed by atoms with Gasteiger partial charge in [-0.15, -0.1) is 0 Å². The molecule has 1 fully saturated rings. The summed E-state index contributed by atoms with van der Waals surface area (Å²) in [6.07, 6.45) is 2.86. The molecule has 2 heterocycles. The minimum absolute atomic E-state index is 0.0863. The van der Waals surface area contributed by atoms with Crippen LogP contribution in [-0.2, 0) is 22.7 Å². The summed E-state index contributed by atoms with van der Waals surface area (Å²) in [5.74, 6) is -0.570. The third-order valence-electron chi connectivity index (χ3n) is 4.61. The van der Waals surface area contributed by atoms with E-state index in [2.05, 4.69) is 5.32 Å². The van der Waals surface area contributed by atoms with E-state index in [0.717, 1.165) is 10.5 Å². The molecular formula is C23H17ClN2O5. The van der Waals surface area contributed by atoms with Gasteiger partial charge in [-0.1, -0.05) is 41.9 Å². The number of benzene rings is 2. The molecule has 31 heavy (non-hydrogen) atoms. The Bertz CT molecular complexity index is 1150. The number of carbonyl (C=O) groups excluding carboxylic acids is 3. The number of imide groups is 2. The van der Waals surface area contributed by atoms with Crippen LogP contribution in [0.25, 0.3) is 6.08 Å². The lowest BCUT2D eigenvalue weighted by atomic mass is 10.1. The van der Waals surface area contributed by atoms with Crippen molar-refractivity contribution in [1.29, 1.82) is 0 Å². The normalized spacial score (nSPS) is 15.3. The highest BCUT2D eigenvalue weighted by molar-refractivity contribution is 6.31. The summed E-state index contributed by atoms with van der Waals surface area (Å²) >= 11 is 5.90. The molecule has 1 aliphatic rings. The van der Waals surface area contributed by atoms with Crippen LogP contribution in [0.15, 0.2) is 76.9 Å². The summed E-state index contributed by atoms with van der Waals surface area (Å²) < 4.78 is 11.1. The lowest BCUT2D eigenvalue weighted by molar-refractivity contribution is -0.130. The van der Waals surface area contributed by atoms with Crippen molar-refractivity contribution >= 4 is 35.5 Å². The van der Waals surface area contributed by atoms with Crippen molar-refractivity contribution < 1.29 is 23.5 Å². The summed E-state index contributed by atoms with van der Waals surface area (Å²) in [5.41, 5.74) is 1.27. The van der Waals surface area contributed by atoms with Crippen LogP contribution in [0.5, 0.6) is 5.75 Å². The van der Waals surface area contributed by atoms with Crippen LogP contribution in [0.2, 0.25) is 5.02 Å². The molecule has 4 rings (SSSR count). The average Bonchev–Trinajstić information content (AvgIpc) is 3.28. The van der Waals surface area contributed by atoms with E-state index in [1.54, 1.807) is 48.5 Å². The fourth-order valence-corrected chi connectivity index (χ4v) is 3.15. The van der Waals surface area contributed by atoms with Gasteiger partial charge in [0.1, 0.15) is 23.7 Å². The Morgan fingerprint density at radius 2 is 1.77 bits per heavy atom. The zero-order chi connectivity index (χ0) is 21.8. The number of amides is 4. The Morgan fingerprint density at radius 3 is 2.52 bits per heavy atom. The number of rotatable bonds is 6. The molecule has 1 saturated heterocycles. The number of hydrogen-bond acceptors (Lipinski definition) is 5. The molecule has 156 valence electrons. The second-order valence-corrected chi connectivity index (χ2v) is 7.18. The number of hydrogen-bond donors (Lipinski definition) is 1. The molecule has 0 radical (unpaired) electrons. The molecule has 0 saturated carbocycles. The Hall–Kier alpha value is -3.84. The van der Waals surface area contributed by atoms with Gasteiger partial charge >= 0.3 is 6.03 Å². The van der Waals surface area contributed by atoms with Crippen LogP contribution in [-0.4, -0.2) is 22.7 Å². The molecule has 0 bridgehead atoms. The topological polar surface area (TPSA) is 88.9 Å². The molecular weight excluding hydrogens is 420 g/mol. The number of carbonyl (C=O) groups is 3. The highest BCUT2D eigenvalue weighted by atomic mass is 35.5. The molecule has 3 aromatic rings. The van der Waals surface area contributed by atoms with Crippen LogP contribution >= 0.6 is 11.6 Å². The van der Waals surface area contributed by atoms with E-state index in [4.69, 9.17) is 20.8 Å². The fraction of sp³-hybridized carbons (Fsp3) is 0.0870. The van der Waals surface area contributed by atoms with Crippen molar-refractivity contribution in [3.63, 3.8) is 0 Å². The van der Waals surface area contributed by atoms with Gasteiger partial charge in [0.25, 0.3) is 11.8 Å². The Kier molecular flexibility index (Phi) is 5.86. The molecule has 0 unspecified atom stereocenters. The van der Waals surface area contributed by atoms with Crippen LogP contribution in [0.1, 0.15) is 16.9 Å². The minimum Gasteiger partial charge on any atom is -0.488 e. The molecule has 7 nitrogen and oxygen atoms in total. The van der Waals surface area contributed by atoms with E-state index in [0.29, 0.717) is 22.1 Å². The molecule has 0 atom stereocenters. The Labute approximate surface area is 182 Å². The summed E-state index contributed by atoms with van der Waals surface area (Å²) in [6.45, 7) is 0.192. The van der Waals surface area contributed by atoms with Crippen LogP contribution in [0.3, 0.4) is 0 Å². The maximum absolute atomic E-state index is 12.9. The molecule has 8 heteroatoms. The predicted octanol–water partition coefficient (Wildman–Crippen LogP) is 4.17. The molecule has 1 aliphatic heterocycles. The predicted molar refractivity (Wildman–Crippen MR) is 113 cm³/mol. The summed E-state index contributed by atoms with van der Waals surface area (Å²) in [6, 6.07) is 16.7. The third-order valence-corrected chi connectivity index (χ3v) is 4.86. The van der Waals surface area contributed by atoms with E-state index in [1.165, 1.54) is 12.3 Å². The maximum atomic E-state index is 12.9. The SMILES string of the molecule is O=C1NC(=O)N(Cc2ccco2)C(=O)C1=Cc1ccccc1OCc1ccc(Cl)cc1. The Balaban J connectivity index is 1.57. The molecule has 0 aliphatic carbocycles. The van der Waals surface area contributed by atoms with E-state index in [-0.39, 0.29) is 18.7 Å². The zero-order valence-electron chi connectivity index (χ0n) is 16.2. The van der Waals surface area contributed by atoms with Gasteiger partial charge in [-0.3, -0.25) is 19.8 Å². The first-order valence-corrected chi connectivity index (χ1v) is 9.76. The highest BCUT2D eigenvalue weighted by Gasteiger charge is 2.36. The summed E-state index contributed by atoms with van der Waals surface area (Å²) in [5, 5.41) is 2.82. The smallest absolute Gasteiger partial charge is 0.331 e. The first kappa shape index (κ1) is 20.4. The lowest BCUT2D eigenvalue weighted by Crippen LogP contribution is -2.53. The molecule has 0 spiro atoms. The number of urea groups is 1. The summed E-state index contributed by atoms with van der Waals surface area (Å²) in [7, 11) is 0. The number of para-hydroxylation sites is 1. The van der Waals surface area contributed by atoms with E-state index in [9.17, 15) is 14.4 Å². The van der Waals surface area contributed by atoms with E-state index < -0.39 is 17.8 Å². The van der Waals surface area contributed by atoms with Crippen LogP contribution in [0.4, 0.5) is 4.79 Å². The van der Waals surface area contributed by atoms with Crippen molar-refractivity contribution in [3.8, 4) is 5.75 Å². The number of halogens is 1. The van der Waals surface area contributed by atoms with Gasteiger partial charge in [-0.05, 0) is 42.0 Å². The van der Waals surface area contributed by atoms with Crippen molar-refractivity contribution in [1.82, 2.24) is 10.2 Å². The number of nitrogens with zero attached hydrogens (tertiary/aromatic N) is 1. The maximum Gasteiger partial charge on any atom is 0.331 e. The zero-order valence-corrected chi connectivity index (χ0v) is 17.0. The van der Waals surface area contributed by atoms with Gasteiger partial charge < -0.3 is 9.15 Å². The van der Waals surface area contributed by atoms with Crippen molar-refractivity contribution in [2.24, 2.45) is 0 Å². The number of furan rings is 1. The average molecular weight is 437 g/mol. The Morgan fingerprint density at radius 1 is 1.00 bits per heavy atom. The van der Waals surface area contributed by atoms with Crippen LogP contribution < -0.4 is 10.1 Å². The molecule has 1 N–H and O–H groups in total. The standard InChI is InChI=1S/C23H17ClN2O5/c24-17-9-7-15(8-10-17)14-31-20-6-2-1-4-16(20)12-19-21(27)25-23(29)26(22(19)28)13-18-5-3-11-30-18/h1-12H,13-14H2,(H,25,27,29).